The summed E-state index contributed by atoms with van der Waals surface area (Å²) >= 11 is 5.69. The normalized spacial score (nSPS) is 11.5. The highest BCUT2D eigenvalue weighted by Gasteiger charge is 2.33. The van der Waals surface area contributed by atoms with Crippen LogP contribution in [0, 0.1) is 0 Å². The molecule has 0 atom stereocenters. The lowest BCUT2D eigenvalue weighted by Gasteiger charge is -2.14. The smallest absolute Gasteiger partial charge is 0.417 e. The van der Waals surface area contributed by atoms with Gasteiger partial charge in [0.15, 0.2) is 5.82 Å². The molecule has 0 radical (unpaired) electrons. The highest BCUT2D eigenvalue weighted by atomic mass is 35.5. The molecule has 3 aromatic carbocycles. The van der Waals surface area contributed by atoms with E-state index in [9.17, 15) is 18.0 Å². The van der Waals surface area contributed by atoms with Crippen LogP contribution in [0.3, 0.4) is 0 Å². The first-order valence-electron chi connectivity index (χ1n) is 8.97. The maximum Gasteiger partial charge on any atom is 0.417 e. The molecular formula is C22H13ClF3N3O2. The third-order valence-corrected chi connectivity index (χ3v) is 4.96. The van der Waals surface area contributed by atoms with E-state index in [4.69, 9.17) is 16.7 Å². The van der Waals surface area contributed by atoms with Crippen LogP contribution in [0.15, 0.2) is 66.7 Å². The zero-order chi connectivity index (χ0) is 22.2. The number of carboxylic acid groups (broad SMARTS) is 1. The molecule has 0 spiro atoms. The van der Waals surface area contributed by atoms with Crippen LogP contribution in [0.2, 0.25) is 5.02 Å². The number of rotatable bonds is 4. The molecule has 0 unspecified atom stereocenters. The average Bonchev–Trinajstić information content (AvgIpc) is 2.74. The molecule has 0 saturated heterocycles. The van der Waals surface area contributed by atoms with E-state index in [1.807, 2.05) is 0 Å². The van der Waals surface area contributed by atoms with Gasteiger partial charge < -0.3 is 10.4 Å². The second kappa shape index (κ2) is 7.88. The molecule has 9 heteroatoms. The van der Waals surface area contributed by atoms with Crippen molar-refractivity contribution in [2.45, 2.75) is 6.18 Å². The Balaban J connectivity index is 1.76. The number of benzene rings is 3. The first-order chi connectivity index (χ1) is 14.7. The van der Waals surface area contributed by atoms with Crippen molar-refractivity contribution >= 4 is 39.8 Å². The average molecular weight is 444 g/mol. The van der Waals surface area contributed by atoms with Crippen molar-refractivity contribution in [2.24, 2.45) is 0 Å². The van der Waals surface area contributed by atoms with Gasteiger partial charge >= 0.3 is 12.1 Å². The minimum atomic E-state index is -4.59. The molecule has 1 aromatic heterocycles. The van der Waals surface area contributed by atoms with Gasteiger partial charge in [0.05, 0.1) is 16.1 Å². The van der Waals surface area contributed by atoms with E-state index in [0.717, 1.165) is 6.07 Å². The van der Waals surface area contributed by atoms with Gasteiger partial charge in [0.1, 0.15) is 5.69 Å². The van der Waals surface area contributed by atoms with Crippen LogP contribution >= 0.6 is 11.6 Å². The van der Waals surface area contributed by atoms with Crippen molar-refractivity contribution < 1.29 is 23.1 Å². The van der Waals surface area contributed by atoms with E-state index < -0.39 is 22.7 Å². The number of alkyl halides is 3. The molecule has 1 heterocycles. The van der Waals surface area contributed by atoms with Crippen molar-refractivity contribution in [3.63, 3.8) is 0 Å². The predicted molar refractivity (Wildman–Crippen MR) is 112 cm³/mol. The minimum Gasteiger partial charge on any atom is -0.478 e. The molecule has 0 amide bonds. The Bertz CT molecular complexity index is 1290. The summed E-state index contributed by atoms with van der Waals surface area (Å²) in [6.07, 6.45) is -4.59. The summed E-state index contributed by atoms with van der Waals surface area (Å²) in [6, 6.07) is 16.8. The number of hydrogen-bond donors (Lipinski definition) is 2. The number of aromatic nitrogens is 2. The molecule has 0 aliphatic rings. The van der Waals surface area contributed by atoms with Gasteiger partial charge in [-0.05, 0) is 30.3 Å². The zero-order valence-corrected chi connectivity index (χ0v) is 16.4. The number of anilines is 2. The number of halogens is 4. The molecule has 2 N–H and O–H groups in total. The topological polar surface area (TPSA) is 75.1 Å². The summed E-state index contributed by atoms with van der Waals surface area (Å²) in [5, 5.41) is 21.3. The van der Waals surface area contributed by atoms with Gasteiger partial charge in [0.2, 0.25) is 0 Å². The second-order valence-corrected chi connectivity index (χ2v) is 7.05. The summed E-state index contributed by atoms with van der Waals surface area (Å²) < 4.78 is 39.5. The van der Waals surface area contributed by atoms with Gasteiger partial charge in [-0.2, -0.15) is 13.2 Å². The van der Waals surface area contributed by atoms with Gasteiger partial charge in [-0.3, -0.25) is 0 Å². The number of aromatic carboxylic acids is 1. The molecule has 156 valence electrons. The first-order valence-corrected chi connectivity index (χ1v) is 9.35. The molecule has 0 bridgehead atoms. The highest BCUT2D eigenvalue weighted by molar-refractivity contribution is 6.31. The number of nitrogens with one attached hydrogen (secondary N) is 1. The monoisotopic (exact) mass is 443 g/mol. The summed E-state index contributed by atoms with van der Waals surface area (Å²) in [4.78, 5) is 11.1. The zero-order valence-electron chi connectivity index (χ0n) is 15.6. The van der Waals surface area contributed by atoms with Gasteiger partial charge in [-0.1, -0.05) is 48.0 Å². The van der Waals surface area contributed by atoms with Gasteiger partial charge in [0, 0.05) is 22.0 Å². The maximum absolute atomic E-state index is 13.2. The Morgan fingerprint density at radius 2 is 1.61 bits per heavy atom. The van der Waals surface area contributed by atoms with E-state index in [1.54, 1.807) is 36.4 Å². The molecule has 31 heavy (non-hydrogen) atoms. The Kier molecular flexibility index (Phi) is 5.24. The number of carboxylic acids is 1. The summed E-state index contributed by atoms with van der Waals surface area (Å²) in [7, 11) is 0. The Morgan fingerprint density at radius 1 is 0.935 bits per heavy atom. The van der Waals surface area contributed by atoms with Gasteiger partial charge in [-0.25, -0.2) is 4.79 Å². The van der Waals surface area contributed by atoms with E-state index in [1.165, 1.54) is 24.3 Å². The van der Waals surface area contributed by atoms with Crippen molar-refractivity contribution in [1.29, 1.82) is 0 Å². The number of hydrogen-bond acceptors (Lipinski definition) is 4. The molecule has 0 fully saturated rings. The molecule has 0 aliphatic carbocycles. The molecule has 5 nitrogen and oxygen atoms in total. The maximum atomic E-state index is 13.2. The Hall–Kier alpha value is -3.65. The minimum absolute atomic E-state index is 0.141. The van der Waals surface area contributed by atoms with Crippen LogP contribution in [0.1, 0.15) is 15.9 Å². The van der Waals surface area contributed by atoms with Gasteiger partial charge in [-0.15, -0.1) is 10.2 Å². The fraction of sp³-hybridized carbons (Fsp3) is 0.0455. The fourth-order valence-electron chi connectivity index (χ4n) is 3.14. The molecule has 4 rings (SSSR count). The highest BCUT2D eigenvalue weighted by Crippen LogP contribution is 2.37. The van der Waals surface area contributed by atoms with Crippen molar-refractivity contribution in [3.05, 3.63) is 82.9 Å². The fourth-order valence-corrected chi connectivity index (χ4v) is 3.36. The molecule has 0 saturated carbocycles. The quantitative estimate of drug-likeness (QED) is 0.381. The van der Waals surface area contributed by atoms with Crippen molar-refractivity contribution in [3.8, 4) is 11.3 Å². The lowest BCUT2D eigenvalue weighted by atomic mass is 10.0. The van der Waals surface area contributed by atoms with E-state index in [2.05, 4.69) is 15.5 Å². The van der Waals surface area contributed by atoms with Crippen LogP contribution in [0.4, 0.5) is 24.7 Å². The van der Waals surface area contributed by atoms with E-state index in [0.29, 0.717) is 22.0 Å². The number of nitrogens with zero attached hydrogens (tertiary/aromatic N) is 2. The number of carbonyl (C=O) groups is 1. The van der Waals surface area contributed by atoms with Crippen LogP contribution in [0.25, 0.3) is 22.0 Å². The molecular weight excluding hydrogens is 431 g/mol. The van der Waals surface area contributed by atoms with E-state index in [-0.39, 0.29) is 17.1 Å². The molecule has 4 aromatic rings. The van der Waals surface area contributed by atoms with Gasteiger partial charge in [0.25, 0.3) is 0 Å². The van der Waals surface area contributed by atoms with Crippen molar-refractivity contribution in [1.82, 2.24) is 10.2 Å². The predicted octanol–water partition coefficient (Wildman–Crippen LogP) is 6.41. The van der Waals surface area contributed by atoms with E-state index >= 15 is 0 Å². The summed E-state index contributed by atoms with van der Waals surface area (Å²) in [5.41, 5.74) is 0.528. The largest absolute Gasteiger partial charge is 0.478 e. The van der Waals surface area contributed by atoms with Crippen LogP contribution in [-0.2, 0) is 6.18 Å². The second-order valence-electron chi connectivity index (χ2n) is 6.64. The lowest BCUT2D eigenvalue weighted by Crippen LogP contribution is -2.07. The Morgan fingerprint density at radius 3 is 2.26 bits per heavy atom. The first kappa shape index (κ1) is 20.6. The van der Waals surface area contributed by atoms with Crippen molar-refractivity contribution in [2.75, 3.05) is 5.32 Å². The molecule has 0 aliphatic heterocycles. The summed E-state index contributed by atoms with van der Waals surface area (Å²) in [6.45, 7) is 0. The summed E-state index contributed by atoms with van der Waals surface area (Å²) in [5.74, 6) is -0.764. The number of fused-ring (bicyclic) bond motifs is 1. The van der Waals surface area contributed by atoms with Crippen LogP contribution in [-0.4, -0.2) is 21.3 Å². The van der Waals surface area contributed by atoms with Crippen LogP contribution < -0.4 is 5.32 Å². The SMILES string of the molecule is O=C(O)c1ccc(-c2nnc(Nc3ccc(Cl)c(C(F)(F)F)c3)c3ccccc23)cc1. The van der Waals surface area contributed by atoms with Crippen LogP contribution in [0.5, 0.6) is 0 Å². The third kappa shape index (κ3) is 4.15. The third-order valence-electron chi connectivity index (χ3n) is 4.63. The Labute approximate surface area is 179 Å². The lowest BCUT2D eigenvalue weighted by molar-refractivity contribution is -0.137. The standard InChI is InChI=1S/C22H13ClF3N3O2/c23-18-10-9-14(11-17(18)22(24,25)26)27-20-16-4-2-1-3-15(16)19(28-29-20)12-5-7-13(8-6-12)21(30)31/h1-11H,(H,27,29)(H,30,31).